The molecule has 0 saturated carbocycles. The van der Waals surface area contributed by atoms with Crippen molar-refractivity contribution in [1.29, 1.82) is 0 Å². The van der Waals surface area contributed by atoms with E-state index >= 15 is 0 Å². The van der Waals surface area contributed by atoms with Gasteiger partial charge in [-0.15, -0.1) is 0 Å². The molecule has 6 nitrogen and oxygen atoms in total. The fourth-order valence-electron chi connectivity index (χ4n) is 2.56. The average Bonchev–Trinajstić information content (AvgIpc) is 3.25. The van der Waals surface area contributed by atoms with Gasteiger partial charge in [0, 0.05) is 37.5 Å². The van der Waals surface area contributed by atoms with E-state index in [0.29, 0.717) is 49.0 Å². The van der Waals surface area contributed by atoms with Gasteiger partial charge in [-0.25, -0.2) is 4.39 Å². The van der Waals surface area contributed by atoms with E-state index in [-0.39, 0.29) is 11.7 Å². The quantitative estimate of drug-likeness (QED) is 0.841. The number of amides is 1. The van der Waals surface area contributed by atoms with Crippen molar-refractivity contribution in [2.75, 3.05) is 19.8 Å². The molecule has 1 aliphatic heterocycles. The Kier molecular flexibility index (Phi) is 5.53. The summed E-state index contributed by atoms with van der Waals surface area (Å²) in [7, 11) is 0. The molecule has 1 amide bonds. The number of carbonyl (C=O) groups excluding carboxylic acids is 1. The molecule has 1 fully saturated rings. The third kappa shape index (κ3) is 4.61. The average molecular weight is 333 g/mol. The van der Waals surface area contributed by atoms with Crippen LogP contribution in [0.2, 0.25) is 0 Å². The van der Waals surface area contributed by atoms with Crippen molar-refractivity contribution >= 4 is 5.91 Å². The van der Waals surface area contributed by atoms with Gasteiger partial charge in [0.05, 0.1) is 6.61 Å². The van der Waals surface area contributed by atoms with E-state index in [1.54, 1.807) is 12.1 Å². The number of rotatable bonds is 7. The van der Waals surface area contributed by atoms with Crippen LogP contribution in [0.15, 0.2) is 28.8 Å². The van der Waals surface area contributed by atoms with Gasteiger partial charge in [-0.05, 0) is 37.1 Å². The van der Waals surface area contributed by atoms with Crippen molar-refractivity contribution in [3.05, 3.63) is 36.0 Å². The number of nitrogens with zero attached hydrogens (tertiary/aromatic N) is 2. The van der Waals surface area contributed by atoms with Crippen LogP contribution in [0.3, 0.4) is 0 Å². The summed E-state index contributed by atoms with van der Waals surface area (Å²) in [5.41, 5.74) is 0.697. The van der Waals surface area contributed by atoms with Crippen molar-refractivity contribution < 1.29 is 18.4 Å². The second-order valence-electron chi connectivity index (χ2n) is 5.91. The van der Waals surface area contributed by atoms with E-state index in [0.717, 1.165) is 19.6 Å². The zero-order chi connectivity index (χ0) is 16.8. The van der Waals surface area contributed by atoms with Gasteiger partial charge >= 0.3 is 0 Å². The highest BCUT2D eigenvalue weighted by atomic mass is 19.1. The number of carbonyl (C=O) groups is 1. The predicted molar refractivity (Wildman–Crippen MR) is 84.6 cm³/mol. The Bertz CT molecular complexity index is 666. The molecule has 1 atom stereocenters. The molecule has 3 rings (SSSR count). The number of halogens is 1. The number of nitrogens with one attached hydrogen (secondary N) is 1. The molecular weight excluding hydrogens is 313 g/mol. The highest BCUT2D eigenvalue weighted by Crippen LogP contribution is 2.17. The van der Waals surface area contributed by atoms with Crippen LogP contribution in [0.1, 0.15) is 25.2 Å². The minimum Gasteiger partial charge on any atom is -0.381 e. The summed E-state index contributed by atoms with van der Waals surface area (Å²) < 4.78 is 23.3. The third-order valence-corrected chi connectivity index (χ3v) is 3.98. The van der Waals surface area contributed by atoms with E-state index in [2.05, 4.69) is 15.5 Å². The lowest BCUT2D eigenvalue weighted by Crippen LogP contribution is -2.29. The number of benzene rings is 1. The first-order chi connectivity index (χ1) is 11.7. The first kappa shape index (κ1) is 16.6. The molecule has 1 aliphatic rings. The largest absolute Gasteiger partial charge is 0.381 e. The Labute approximate surface area is 139 Å². The van der Waals surface area contributed by atoms with Crippen LogP contribution in [0, 0.1) is 11.7 Å². The first-order valence-corrected chi connectivity index (χ1v) is 8.13. The molecule has 7 heteroatoms. The lowest BCUT2D eigenvalue weighted by Gasteiger charge is -2.08. The van der Waals surface area contributed by atoms with E-state index in [9.17, 15) is 9.18 Å². The minimum absolute atomic E-state index is 0.0279. The van der Waals surface area contributed by atoms with Gasteiger partial charge in [0.15, 0.2) is 0 Å². The van der Waals surface area contributed by atoms with Gasteiger partial charge < -0.3 is 14.6 Å². The summed E-state index contributed by atoms with van der Waals surface area (Å²) in [6, 6.07) is 5.91. The second-order valence-corrected chi connectivity index (χ2v) is 5.91. The third-order valence-electron chi connectivity index (χ3n) is 3.98. The van der Waals surface area contributed by atoms with Crippen molar-refractivity contribution in [3.63, 3.8) is 0 Å². The lowest BCUT2D eigenvalue weighted by molar-refractivity contribution is -0.121. The molecule has 0 bridgehead atoms. The Morgan fingerprint density at radius 2 is 2.17 bits per heavy atom. The molecule has 128 valence electrons. The maximum atomic E-state index is 12.9. The van der Waals surface area contributed by atoms with E-state index in [1.165, 1.54) is 12.1 Å². The van der Waals surface area contributed by atoms with E-state index in [1.807, 2.05) is 0 Å². The highest BCUT2D eigenvalue weighted by molar-refractivity contribution is 5.75. The van der Waals surface area contributed by atoms with Gasteiger partial charge in [0.25, 0.3) is 0 Å². The summed E-state index contributed by atoms with van der Waals surface area (Å²) in [6.07, 6.45) is 2.60. The van der Waals surface area contributed by atoms with Crippen molar-refractivity contribution in [2.45, 2.75) is 25.7 Å². The van der Waals surface area contributed by atoms with Crippen LogP contribution < -0.4 is 5.32 Å². The Morgan fingerprint density at radius 3 is 2.92 bits per heavy atom. The van der Waals surface area contributed by atoms with Crippen molar-refractivity contribution in [2.24, 2.45) is 5.92 Å². The highest BCUT2D eigenvalue weighted by Gasteiger charge is 2.16. The maximum Gasteiger partial charge on any atom is 0.226 e. The molecule has 1 saturated heterocycles. The van der Waals surface area contributed by atoms with Crippen LogP contribution in [0.5, 0.6) is 0 Å². The first-order valence-electron chi connectivity index (χ1n) is 8.13. The summed E-state index contributed by atoms with van der Waals surface area (Å²) in [5, 5.41) is 6.81. The molecule has 1 unspecified atom stereocenters. The van der Waals surface area contributed by atoms with Gasteiger partial charge in [-0.3, -0.25) is 4.79 Å². The molecule has 24 heavy (non-hydrogen) atoms. The standard InChI is InChI=1S/C17H20FN3O3/c18-14-6-4-13(5-7-14)17-20-16(24-21-17)3-1-2-15(22)19-10-12-8-9-23-11-12/h4-7,12H,1-3,8-11H2,(H,19,22). The number of aromatic nitrogens is 2. The van der Waals surface area contributed by atoms with Crippen molar-refractivity contribution in [3.8, 4) is 11.4 Å². The van der Waals surface area contributed by atoms with Gasteiger partial charge in [-0.2, -0.15) is 4.98 Å². The summed E-state index contributed by atoms with van der Waals surface area (Å²) in [4.78, 5) is 16.1. The van der Waals surface area contributed by atoms with E-state index < -0.39 is 0 Å². The second kappa shape index (κ2) is 8.01. The number of aryl methyl sites for hydroxylation is 1. The number of ether oxygens (including phenoxy) is 1. The van der Waals surface area contributed by atoms with E-state index in [4.69, 9.17) is 9.26 Å². The SMILES string of the molecule is O=C(CCCc1nc(-c2ccc(F)cc2)no1)NCC1CCOC1. The van der Waals surface area contributed by atoms with Gasteiger partial charge in [0.1, 0.15) is 5.82 Å². The maximum absolute atomic E-state index is 12.9. The molecule has 2 aromatic rings. The Morgan fingerprint density at radius 1 is 1.33 bits per heavy atom. The van der Waals surface area contributed by atoms with Crippen molar-refractivity contribution in [1.82, 2.24) is 15.5 Å². The summed E-state index contributed by atoms with van der Waals surface area (Å²) >= 11 is 0. The molecule has 0 radical (unpaired) electrons. The van der Waals surface area contributed by atoms with Crippen LogP contribution in [-0.2, 0) is 16.0 Å². The topological polar surface area (TPSA) is 77.2 Å². The normalized spacial score (nSPS) is 17.1. The minimum atomic E-state index is -0.308. The van der Waals surface area contributed by atoms with Crippen LogP contribution in [-0.4, -0.2) is 35.8 Å². The summed E-state index contributed by atoms with van der Waals surface area (Å²) in [5.74, 6) is 1.06. The van der Waals surface area contributed by atoms with Crippen LogP contribution in [0.4, 0.5) is 4.39 Å². The van der Waals surface area contributed by atoms with Gasteiger partial charge in [0.2, 0.25) is 17.6 Å². The molecule has 0 aliphatic carbocycles. The molecule has 2 heterocycles. The smallest absolute Gasteiger partial charge is 0.226 e. The fourth-order valence-corrected chi connectivity index (χ4v) is 2.56. The molecule has 0 spiro atoms. The Hall–Kier alpha value is -2.28. The summed E-state index contributed by atoms with van der Waals surface area (Å²) in [6.45, 7) is 2.19. The number of hydrogen-bond donors (Lipinski definition) is 1. The predicted octanol–water partition coefficient (Wildman–Crippen LogP) is 2.35. The molecule has 1 aromatic heterocycles. The fraction of sp³-hybridized carbons (Fsp3) is 0.471. The van der Waals surface area contributed by atoms with Gasteiger partial charge in [-0.1, -0.05) is 5.16 Å². The molecule has 1 aromatic carbocycles. The van der Waals surface area contributed by atoms with Crippen LogP contribution >= 0.6 is 0 Å². The molecule has 1 N–H and O–H groups in total. The number of hydrogen-bond acceptors (Lipinski definition) is 5. The molecular formula is C17H20FN3O3. The lowest BCUT2D eigenvalue weighted by atomic mass is 10.1. The monoisotopic (exact) mass is 333 g/mol. The zero-order valence-electron chi connectivity index (χ0n) is 13.3. The zero-order valence-corrected chi connectivity index (χ0v) is 13.3. The Balaban J connectivity index is 1.40. The van der Waals surface area contributed by atoms with Crippen LogP contribution in [0.25, 0.3) is 11.4 Å².